The number of nitrogens with one attached hydrogen (secondary N) is 1. The first-order valence-corrected chi connectivity index (χ1v) is 6.49. The zero-order chi connectivity index (χ0) is 12.8. The highest BCUT2D eigenvalue weighted by molar-refractivity contribution is 7.99. The first kappa shape index (κ1) is 14.0. The van der Waals surface area contributed by atoms with Crippen LogP contribution in [0.5, 0.6) is 0 Å². The SMILES string of the molecule is CNC(C)c1ccnc(SCC(=O)N(C)C)c1. The van der Waals surface area contributed by atoms with E-state index < -0.39 is 0 Å². The molecule has 0 saturated heterocycles. The Balaban J connectivity index is 2.63. The van der Waals surface area contributed by atoms with Crippen LogP contribution in [0.2, 0.25) is 0 Å². The second kappa shape index (κ2) is 6.61. The summed E-state index contributed by atoms with van der Waals surface area (Å²) in [5, 5.41) is 4.07. The molecule has 94 valence electrons. The third kappa shape index (κ3) is 4.36. The van der Waals surface area contributed by atoms with Gasteiger partial charge >= 0.3 is 0 Å². The van der Waals surface area contributed by atoms with Crippen molar-refractivity contribution in [1.29, 1.82) is 0 Å². The normalized spacial score (nSPS) is 12.2. The Labute approximate surface area is 107 Å². The number of aromatic nitrogens is 1. The van der Waals surface area contributed by atoms with E-state index in [1.807, 2.05) is 19.2 Å². The summed E-state index contributed by atoms with van der Waals surface area (Å²) in [6.45, 7) is 2.09. The fourth-order valence-corrected chi connectivity index (χ4v) is 2.09. The van der Waals surface area contributed by atoms with Gasteiger partial charge in [-0.1, -0.05) is 11.8 Å². The molecule has 17 heavy (non-hydrogen) atoms. The van der Waals surface area contributed by atoms with Gasteiger partial charge in [-0.2, -0.15) is 0 Å². The van der Waals surface area contributed by atoms with Crippen molar-refractivity contribution >= 4 is 17.7 Å². The minimum Gasteiger partial charge on any atom is -0.348 e. The average Bonchev–Trinajstić information content (AvgIpc) is 2.35. The van der Waals surface area contributed by atoms with Crippen molar-refractivity contribution in [1.82, 2.24) is 15.2 Å². The molecule has 1 rings (SSSR count). The first-order valence-electron chi connectivity index (χ1n) is 5.50. The van der Waals surface area contributed by atoms with Crippen molar-refractivity contribution in [2.24, 2.45) is 0 Å². The quantitative estimate of drug-likeness (QED) is 0.809. The van der Waals surface area contributed by atoms with Crippen LogP contribution in [-0.2, 0) is 4.79 Å². The highest BCUT2D eigenvalue weighted by Gasteiger charge is 2.08. The standard InChI is InChI=1S/C12H19N3OS/c1-9(13-2)10-5-6-14-11(7-10)17-8-12(16)15(3)4/h5-7,9,13H,8H2,1-4H3. The lowest BCUT2D eigenvalue weighted by molar-refractivity contribution is -0.125. The molecule has 1 aromatic heterocycles. The van der Waals surface area contributed by atoms with Crippen LogP contribution in [0.15, 0.2) is 23.4 Å². The molecule has 1 amide bonds. The maximum Gasteiger partial charge on any atom is 0.232 e. The van der Waals surface area contributed by atoms with Crippen LogP contribution < -0.4 is 5.32 Å². The summed E-state index contributed by atoms with van der Waals surface area (Å²) < 4.78 is 0. The number of amides is 1. The summed E-state index contributed by atoms with van der Waals surface area (Å²) in [6.07, 6.45) is 1.78. The molecular weight excluding hydrogens is 234 g/mol. The zero-order valence-corrected chi connectivity index (χ0v) is 11.5. The van der Waals surface area contributed by atoms with Crippen molar-refractivity contribution in [3.63, 3.8) is 0 Å². The van der Waals surface area contributed by atoms with Crippen molar-refractivity contribution in [2.75, 3.05) is 26.9 Å². The van der Waals surface area contributed by atoms with Gasteiger partial charge in [-0.05, 0) is 31.7 Å². The van der Waals surface area contributed by atoms with E-state index in [-0.39, 0.29) is 5.91 Å². The van der Waals surface area contributed by atoms with Crippen molar-refractivity contribution < 1.29 is 4.79 Å². The Kier molecular flexibility index (Phi) is 5.44. The Morgan fingerprint density at radius 3 is 2.88 bits per heavy atom. The minimum absolute atomic E-state index is 0.101. The minimum atomic E-state index is 0.101. The second-order valence-electron chi connectivity index (χ2n) is 4.01. The van der Waals surface area contributed by atoms with Crippen LogP contribution in [0.4, 0.5) is 0 Å². The van der Waals surface area contributed by atoms with Gasteiger partial charge in [0.15, 0.2) is 0 Å². The van der Waals surface area contributed by atoms with E-state index in [0.717, 1.165) is 5.03 Å². The highest BCUT2D eigenvalue weighted by Crippen LogP contribution is 2.19. The molecule has 1 unspecified atom stereocenters. The fourth-order valence-electron chi connectivity index (χ4n) is 1.20. The van der Waals surface area contributed by atoms with Gasteiger partial charge in [-0.15, -0.1) is 0 Å². The van der Waals surface area contributed by atoms with Crippen LogP contribution in [0.3, 0.4) is 0 Å². The summed E-state index contributed by atoms with van der Waals surface area (Å²) in [5.41, 5.74) is 1.18. The van der Waals surface area contributed by atoms with Crippen molar-refractivity contribution in [3.8, 4) is 0 Å². The van der Waals surface area contributed by atoms with Gasteiger partial charge < -0.3 is 10.2 Å². The summed E-state index contributed by atoms with van der Waals surface area (Å²) in [5.74, 6) is 0.529. The van der Waals surface area contributed by atoms with Crippen molar-refractivity contribution in [3.05, 3.63) is 23.9 Å². The monoisotopic (exact) mass is 253 g/mol. The molecule has 1 atom stereocenters. The number of thioether (sulfide) groups is 1. The zero-order valence-electron chi connectivity index (χ0n) is 10.7. The molecule has 0 bridgehead atoms. The Bertz CT molecular complexity index is 382. The summed E-state index contributed by atoms with van der Waals surface area (Å²) >= 11 is 1.47. The van der Waals surface area contributed by atoms with E-state index >= 15 is 0 Å². The largest absolute Gasteiger partial charge is 0.348 e. The molecule has 1 N–H and O–H groups in total. The molecule has 0 aromatic carbocycles. The number of pyridine rings is 1. The molecule has 0 radical (unpaired) electrons. The molecule has 1 aromatic rings. The molecule has 4 nitrogen and oxygen atoms in total. The van der Waals surface area contributed by atoms with E-state index in [0.29, 0.717) is 11.8 Å². The fraction of sp³-hybridized carbons (Fsp3) is 0.500. The summed E-state index contributed by atoms with van der Waals surface area (Å²) in [4.78, 5) is 17.3. The lowest BCUT2D eigenvalue weighted by atomic mass is 10.1. The third-order valence-corrected chi connectivity index (χ3v) is 3.44. The third-order valence-electron chi connectivity index (χ3n) is 2.53. The van der Waals surface area contributed by atoms with Gasteiger partial charge in [-0.25, -0.2) is 4.98 Å². The van der Waals surface area contributed by atoms with E-state index in [1.165, 1.54) is 17.3 Å². The maximum absolute atomic E-state index is 11.5. The molecule has 0 spiro atoms. The topological polar surface area (TPSA) is 45.2 Å². The van der Waals surface area contributed by atoms with E-state index in [9.17, 15) is 4.79 Å². The molecule has 0 fully saturated rings. The molecular formula is C12H19N3OS. The smallest absolute Gasteiger partial charge is 0.232 e. The van der Waals surface area contributed by atoms with E-state index in [1.54, 1.807) is 25.2 Å². The average molecular weight is 253 g/mol. The van der Waals surface area contributed by atoms with E-state index in [4.69, 9.17) is 0 Å². The Morgan fingerprint density at radius 2 is 2.29 bits per heavy atom. The molecule has 0 aliphatic heterocycles. The Hall–Kier alpha value is -1.07. The van der Waals surface area contributed by atoms with Gasteiger partial charge in [0.25, 0.3) is 0 Å². The lowest BCUT2D eigenvalue weighted by Crippen LogP contribution is -2.23. The predicted molar refractivity (Wildman–Crippen MR) is 71.1 cm³/mol. The van der Waals surface area contributed by atoms with E-state index in [2.05, 4.69) is 17.2 Å². The number of rotatable bonds is 5. The van der Waals surface area contributed by atoms with Crippen molar-refractivity contribution in [2.45, 2.75) is 18.0 Å². The lowest BCUT2D eigenvalue weighted by Gasteiger charge is -2.12. The number of carbonyl (C=O) groups is 1. The molecule has 0 aliphatic rings. The number of nitrogens with zero attached hydrogens (tertiary/aromatic N) is 2. The van der Waals surface area contributed by atoms with Crippen LogP contribution >= 0.6 is 11.8 Å². The first-order chi connectivity index (χ1) is 8.04. The molecule has 1 heterocycles. The molecule has 0 aliphatic carbocycles. The summed E-state index contributed by atoms with van der Waals surface area (Å²) in [6, 6.07) is 4.30. The number of hydrogen-bond donors (Lipinski definition) is 1. The molecule has 5 heteroatoms. The van der Waals surface area contributed by atoms with Gasteiger partial charge in [0.1, 0.15) is 0 Å². The summed E-state index contributed by atoms with van der Waals surface area (Å²) in [7, 11) is 5.44. The van der Waals surface area contributed by atoms with Crippen LogP contribution in [0, 0.1) is 0 Å². The number of carbonyl (C=O) groups excluding carboxylic acids is 1. The second-order valence-corrected chi connectivity index (χ2v) is 5.01. The van der Waals surface area contributed by atoms with Crippen LogP contribution in [-0.4, -0.2) is 42.7 Å². The highest BCUT2D eigenvalue weighted by atomic mass is 32.2. The van der Waals surface area contributed by atoms with Crippen LogP contribution in [0.25, 0.3) is 0 Å². The number of hydrogen-bond acceptors (Lipinski definition) is 4. The van der Waals surface area contributed by atoms with Gasteiger partial charge in [0, 0.05) is 26.3 Å². The van der Waals surface area contributed by atoms with Crippen LogP contribution in [0.1, 0.15) is 18.5 Å². The maximum atomic E-state index is 11.5. The Morgan fingerprint density at radius 1 is 1.59 bits per heavy atom. The van der Waals surface area contributed by atoms with Gasteiger partial charge in [0.05, 0.1) is 10.8 Å². The predicted octanol–water partition coefficient (Wildman–Crippen LogP) is 1.54. The van der Waals surface area contributed by atoms with Gasteiger partial charge in [0.2, 0.25) is 5.91 Å². The van der Waals surface area contributed by atoms with Gasteiger partial charge in [-0.3, -0.25) is 4.79 Å². The molecule has 0 saturated carbocycles.